The Morgan fingerprint density at radius 1 is 1.20 bits per heavy atom. The van der Waals surface area contributed by atoms with Crippen LogP contribution in [0.4, 0.5) is 5.69 Å². The molecular weight excluding hydrogens is 420 g/mol. The number of hydrogen-bond acceptors (Lipinski definition) is 7. The Morgan fingerprint density at radius 3 is 2.87 bits per heavy atom. The molecule has 30 heavy (non-hydrogen) atoms. The number of carbonyl (C=O) groups is 2. The fourth-order valence-electron chi connectivity index (χ4n) is 2.63. The predicted octanol–water partition coefficient (Wildman–Crippen LogP) is 3.01. The zero-order valence-electron chi connectivity index (χ0n) is 16.2. The molecule has 0 unspecified atom stereocenters. The number of benzene rings is 1. The molecule has 2 N–H and O–H groups in total. The predicted molar refractivity (Wildman–Crippen MR) is 117 cm³/mol. The van der Waals surface area contributed by atoms with E-state index < -0.39 is 0 Å². The highest BCUT2D eigenvalue weighted by molar-refractivity contribution is 8.00. The Labute approximate surface area is 182 Å². The van der Waals surface area contributed by atoms with Gasteiger partial charge in [0.1, 0.15) is 11.4 Å². The van der Waals surface area contributed by atoms with E-state index >= 15 is 0 Å². The number of hydrogen-bond donors (Lipinski definition) is 2. The van der Waals surface area contributed by atoms with Crippen LogP contribution in [0.1, 0.15) is 23.3 Å². The van der Waals surface area contributed by atoms with Gasteiger partial charge in [0.05, 0.1) is 5.75 Å². The second-order valence-electron chi connectivity index (χ2n) is 6.68. The lowest BCUT2D eigenvalue weighted by Gasteiger charge is -2.07. The van der Waals surface area contributed by atoms with Crippen molar-refractivity contribution < 1.29 is 9.59 Å². The van der Waals surface area contributed by atoms with Crippen molar-refractivity contribution in [2.24, 2.45) is 0 Å². The van der Waals surface area contributed by atoms with Crippen LogP contribution in [0.25, 0.3) is 5.82 Å². The molecule has 0 saturated heterocycles. The van der Waals surface area contributed by atoms with E-state index in [0.717, 1.165) is 23.4 Å². The lowest BCUT2D eigenvalue weighted by Crippen LogP contribution is -2.25. The number of thioether (sulfide) groups is 2. The lowest BCUT2D eigenvalue weighted by molar-refractivity contribution is -0.113. The second kappa shape index (κ2) is 9.31. The molecule has 2 amide bonds. The van der Waals surface area contributed by atoms with Gasteiger partial charge in [0.25, 0.3) is 5.91 Å². The number of rotatable bonds is 8. The second-order valence-corrected chi connectivity index (χ2v) is 8.55. The van der Waals surface area contributed by atoms with E-state index in [1.807, 2.05) is 30.5 Å². The van der Waals surface area contributed by atoms with Gasteiger partial charge in [0.15, 0.2) is 11.5 Å². The molecule has 0 bridgehead atoms. The highest BCUT2D eigenvalue weighted by Gasteiger charge is 2.24. The molecule has 0 atom stereocenters. The zero-order chi connectivity index (χ0) is 20.9. The molecule has 0 spiro atoms. The summed E-state index contributed by atoms with van der Waals surface area (Å²) in [5.41, 5.74) is 1.12. The molecule has 8 nitrogen and oxygen atoms in total. The lowest BCUT2D eigenvalue weighted by atomic mass is 10.3. The fraction of sp³-hybridized carbons (Fsp3) is 0.250. The molecule has 2 aromatic heterocycles. The van der Waals surface area contributed by atoms with Crippen molar-refractivity contribution in [1.29, 1.82) is 0 Å². The largest absolute Gasteiger partial charge is 0.348 e. The van der Waals surface area contributed by atoms with E-state index in [1.165, 1.54) is 22.8 Å². The molecule has 2 heterocycles. The molecule has 10 heteroatoms. The highest BCUT2D eigenvalue weighted by atomic mass is 32.2. The first-order chi connectivity index (χ1) is 14.6. The van der Waals surface area contributed by atoms with Gasteiger partial charge in [-0.05, 0) is 43.4 Å². The maximum absolute atomic E-state index is 12.3. The summed E-state index contributed by atoms with van der Waals surface area (Å²) in [6, 6.07) is 11.4. The summed E-state index contributed by atoms with van der Waals surface area (Å²) in [5.74, 6) is 0.457. The van der Waals surface area contributed by atoms with E-state index in [9.17, 15) is 9.59 Å². The Balaban J connectivity index is 1.35. The fourth-order valence-corrected chi connectivity index (χ4v) is 3.75. The number of nitrogens with zero attached hydrogens (tertiary/aromatic N) is 4. The van der Waals surface area contributed by atoms with Crippen LogP contribution in [0.5, 0.6) is 0 Å². The maximum atomic E-state index is 12.3. The molecule has 154 valence electrons. The SMILES string of the molecule is CSc1cccc(NC(=O)CSc2cc(-n3ccc(C(=O)NC4CC4)n3)ncn2)c1. The third-order valence-corrected chi connectivity index (χ3v) is 5.95. The molecule has 1 aliphatic rings. The van der Waals surface area contributed by atoms with Crippen LogP contribution in [-0.2, 0) is 4.79 Å². The summed E-state index contributed by atoms with van der Waals surface area (Å²) in [4.78, 5) is 33.9. The van der Waals surface area contributed by atoms with Gasteiger partial charge >= 0.3 is 0 Å². The van der Waals surface area contributed by atoms with Crippen molar-refractivity contribution in [1.82, 2.24) is 25.1 Å². The third kappa shape index (κ3) is 5.39. The van der Waals surface area contributed by atoms with Gasteiger partial charge in [-0.3, -0.25) is 9.59 Å². The molecule has 4 rings (SSSR count). The molecule has 1 aromatic carbocycles. The molecule has 1 aliphatic carbocycles. The van der Waals surface area contributed by atoms with Crippen molar-refractivity contribution >= 4 is 41.0 Å². The summed E-state index contributed by atoms with van der Waals surface area (Å²) in [5, 5.41) is 10.7. The van der Waals surface area contributed by atoms with Crippen LogP contribution >= 0.6 is 23.5 Å². The van der Waals surface area contributed by atoms with Crippen LogP contribution in [0.15, 0.2) is 58.8 Å². The van der Waals surface area contributed by atoms with E-state index in [0.29, 0.717) is 16.5 Å². The molecule has 0 radical (unpaired) electrons. The van der Waals surface area contributed by atoms with Gasteiger partial charge in [-0.15, -0.1) is 11.8 Å². The van der Waals surface area contributed by atoms with Crippen molar-refractivity contribution in [2.45, 2.75) is 28.8 Å². The monoisotopic (exact) mass is 440 g/mol. The van der Waals surface area contributed by atoms with Crippen LogP contribution in [0.3, 0.4) is 0 Å². The van der Waals surface area contributed by atoms with Gasteiger partial charge in [0.2, 0.25) is 5.91 Å². The molecule has 0 aliphatic heterocycles. The van der Waals surface area contributed by atoms with Crippen molar-refractivity contribution in [3.05, 3.63) is 54.6 Å². The van der Waals surface area contributed by atoms with Gasteiger partial charge in [-0.2, -0.15) is 5.10 Å². The van der Waals surface area contributed by atoms with Crippen LogP contribution in [0, 0.1) is 0 Å². The van der Waals surface area contributed by atoms with Crippen molar-refractivity contribution in [2.75, 3.05) is 17.3 Å². The Bertz CT molecular complexity index is 1070. The Hall–Kier alpha value is -2.85. The molecular formula is C20H20N6O2S2. The number of carbonyl (C=O) groups excluding carboxylic acids is 2. The van der Waals surface area contributed by atoms with Gasteiger partial charge < -0.3 is 10.6 Å². The Morgan fingerprint density at radius 2 is 2.07 bits per heavy atom. The number of amides is 2. The smallest absolute Gasteiger partial charge is 0.272 e. The summed E-state index contributed by atoms with van der Waals surface area (Å²) < 4.78 is 1.53. The molecule has 1 fully saturated rings. The van der Waals surface area contributed by atoms with E-state index in [2.05, 4.69) is 25.7 Å². The van der Waals surface area contributed by atoms with Gasteiger partial charge in [-0.25, -0.2) is 14.6 Å². The Kier molecular flexibility index (Phi) is 6.34. The highest BCUT2D eigenvalue weighted by Crippen LogP contribution is 2.21. The summed E-state index contributed by atoms with van der Waals surface area (Å²) in [6.07, 6.45) is 7.14. The summed E-state index contributed by atoms with van der Waals surface area (Å²) >= 11 is 2.93. The first-order valence-corrected chi connectivity index (χ1v) is 11.6. The maximum Gasteiger partial charge on any atom is 0.272 e. The quantitative estimate of drug-likeness (QED) is 0.410. The van der Waals surface area contributed by atoms with Crippen LogP contribution < -0.4 is 10.6 Å². The van der Waals surface area contributed by atoms with Crippen LogP contribution in [0.2, 0.25) is 0 Å². The average Bonchev–Trinajstić information content (AvgIpc) is 3.43. The topological polar surface area (TPSA) is 102 Å². The summed E-state index contributed by atoms with van der Waals surface area (Å²) in [6.45, 7) is 0. The number of nitrogens with one attached hydrogen (secondary N) is 2. The average molecular weight is 441 g/mol. The zero-order valence-corrected chi connectivity index (χ0v) is 17.9. The number of anilines is 1. The first kappa shape index (κ1) is 20.4. The third-order valence-electron chi connectivity index (χ3n) is 4.30. The summed E-state index contributed by atoms with van der Waals surface area (Å²) in [7, 11) is 0. The minimum absolute atomic E-state index is 0.114. The van der Waals surface area contributed by atoms with Gasteiger partial charge in [0, 0.05) is 28.9 Å². The molecule has 3 aromatic rings. The minimum Gasteiger partial charge on any atom is -0.348 e. The first-order valence-electron chi connectivity index (χ1n) is 9.36. The van der Waals surface area contributed by atoms with E-state index in [4.69, 9.17) is 0 Å². The number of aromatic nitrogens is 4. The van der Waals surface area contributed by atoms with E-state index in [1.54, 1.807) is 30.1 Å². The normalized spacial score (nSPS) is 13.1. The van der Waals surface area contributed by atoms with Crippen molar-refractivity contribution in [3.8, 4) is 5.82 Å². The van der Waals surface area contributed by atoms with Crippen LogP contribution in [-0.4, -0.2) is 49.6 Å². The standard InChI is InChI=1S/C20H20N6O2S2/c1-29-15-4-2-3-14(9-15)23-18(27)11-30-19-10-17(21-12-22-19)26-8-7-16(25-26)20(28)24-13-5-6-13/h2-4,7-10,12-13H,5-6,11H2,1H3,(H,23,27)(H,24,28). The van der Waals surface area contributed by atoms with Gasteiger partial charge in [-0.1, -0.05) is 17.8 Å². The molecule has 1 saturated carbocycles. The van der Waals surface area contributed by atoms with E-state index in [-0.39, 0.29) is 23.6 Å². The minimum atomic E-state index is -0.179. The van der Waals surface area contributed by atoms with Crippen molar-refractivity contribution in [3.63, 3.8) is 0 Å².